The molecule has 0 radical (unpaired) electrons. The highest BCUT2D eigenvalue weighted by molar-refractivity contribution is 5.66. The van der Waals surface area contributed by atoms with Gasteiger partial charge in [-0.1, -0.05) is 33.8 Å². The van der Waals surface area contributed by atoms with Crippen LogP contribution in [0.25, 0.3) is 0 Å². The summed E-state index contributed by atoms with van der Waals surface area (Å²) in [6.45, 7) is 18.9. The number of hydrazine groups is 1. The van der Waals surface area contributed by atoms with Crippen LogP contribution in [0.15, 0.2) is 12.7 Å². The molecule has 0 fully saturated rings. The molecule has 0 aromatic rings. The van der Waals surface area contributed by atoms with Gasteiger partial charge in [-0.3, -0.25) is 5.43 Å². The minimum absolute atomic E-state index is 0.0710. The summed E-state index contributed by atoms with van der Waals surface area (Å²) in [4.78, 5) is 11.5. The molecule has 1 amide bonds. The lowest BCUT2D eigenvalue weighted by Gasteiger charge is -2.34. The van der Waals surface area contributed by atoms with E-state index >= 15 is 0 Å². The van der Waals surface area contributed by atoms with E-state index in [2.05, 4.69) is 45.1 Å². The van der Waals surface area contributed by atoms with Crippen molar-refractivity contribution < 1.29 is 9.53 Å². The normalized spacial score (nSPS) is 12.9. The van der Waals surface area contributed by atoms with Crippen molar-refractivity contribution >= 4 is 6.09 Å². The average Bonchev–Trinajstić information content (AvgIpc) is 2.10. The molecule has 0 aromatic carbocycles. The van der Waals surface area contributed by atoms with Crippen LogP contribution in [0.4, 0.5) is 4.79 Å². The summed E-state index contributed by atoms with van der Waals surface area (Å²) < 4.78 is 5.17. The number of ether oxygens (including phenoxy) is 1. The Morgan fingerprint density at radius 1 is 1.10 bits per heavy atom. The number of carbonyl (C=O) groups excluding carboxylic acids is 1. The molecule has 0 unspecified atom stereocenters. The third-order valence-corrected chi connectivity index (χ3v) is 2.81. The van der Waals surface area contributed by atoms with Crippen LogP contribution in [-0.2, 0) is 4.74 Å². The number of rotatable bonds is 7. The number of carbonyl (C=O) groups is 1. The van der Waals surface area contributed by atoms with Crippen LogP contribution in [0.5, 0.6) is 0 Å². The zero-order valence-corrected chi connectivity index (χ0v) is 14.2. The van der Waals surface area contributed by atoms with E-state index in [-0.39, 0.29) is 10.8 Å². The molecule has 0 aromatic heterocycles. The molecule has 20 heavy (non-hydrogen) atoms. The molecular formula is C16H32N2O2. The maximum absolute atomic E-state index is 11.5. The highest BCUT2D eigenvalue weighted by Gasteiger charge is 2.28. The van der Waals surface area contributed by atoms with Gasteiger partial charge in [-0.25, -0.2) is 10.2 Å². The Morgan fingerprint density at radius 3 is 2.10 bits per heavy atom. The second kappa shape index (κ2) is 7.11. The maximum Gasteiger partial charge on any atom is 0.422 e. The summed E-state index contributed by atoms with van der Waals surface area (Å²) in [6.07, 6.45) is 3.53. The Hall–Kier alpha value is -1.03. The van der Waals surface area contributed by atoms with Crippen LogP contribution in [0.3, 0.4) is 0 Å². The predicted octanol–water partition coefficient (Wildman–Crippen LogP) is 4.03. The third-order valence-electron chi connectivity index (χ3n) is 2.81. The number of nitrogens with one attached hydrogen (secondary N) is 2. The standard InChI is InChI=1S/C16H32N2O2/c1-9-10-15(5,6)11-16(7,8)12-17-18-13(19)20-14(2,3)4/h9,17H,1,10-12H2,2-8H3,(H,18,19). The quantitative estimate of drug-likeness (QED) is 0.548. The summed E-state index contributed by atoms with van der Waals surface area (Å²) >= 11 is 0. The summed E-state index contributed by atoms with van der Waals surface area (Å²) in [7, 11) is 0. The molecule has 0 atom stereocenters. The van der Waals surface area contributed by atoms with E-state index in [9.17, 15) is 4.79 Å². The zero-order chi connectivity index (χ0) is 16.0. The van der Waals surface area contributed by atoms with Crippen molar-refractivity contribution in [1.29, 1.82) is 0 Å². The summed E-state index contributed by atoms with van der Waals surface area (Å²) in [5, 5.41) is 0. The zero-order valence-electron chi connectivity index (χ0n) is 14.2. The van der Waals surface area contributed by atoms with Crippen molar-refractivity contribution in [3.05, 3.63) is 12.7 Å². The van der Waals surface area contributed by atoms with Crippen LogP contribution in [0.2, 0.25) is 0 Å². The van der Waals surface area contributed by atoms with Crippen LogP contribution in [-0.4, -0.2) is 18.2 Å². The first kappa shape index (κ1) is 19.0. The third kappa shape index (κ3) is 9.84. The van der Waals surface area contributed by atoms with Gasteiger partial charge in [-0.2, -0.15) is 0 Å². The summed E-state index contributed by atoms with van der Waals surface area (Å²) in [5.41, 5.74) is 5.34. The van der Waals surface area contributed by atoms with Gasteiger partial charge in [0.2, 0.25) is 0 Å². The lowest BCUT2D eigenvalue weighted by atomic mass is 9.73. The highest BCUT2D eigenvalue weighted by atomic mass is 16.6. The molecule has 4 nitrogen and oxygen atoms in total. The van der Waals surface area contributed by atoms with Crippen molar-refractivity contribution in [3.63, 3.8) is 0 Å². The Kier molecular flexibility index (Phi) is 6.75. The van der Waals surface area contributed by atoms with Gasteiger partial charge in [-0.05, 0) is 44.4 Å². The monoisotopic (exact) mass is 284 g/mol. The molecule has 118 valence electrons. The number of hydrogen-bond acceptors (Lipinski definition) is 3. The molecule has 0 heterocycles. The topological polar surface area (TPSA) is 50.4 Å². The smallest absolute Gasteiger partial charge is 0.422 e. The molecule has 4 heteroatoms. The van der Waals surface area contributed by atoms with Crippen molar-refractivity contribution in [3.8, 4) is 0 Å². The minimum Gasteiger partial charge on any atom is -0.443 e. The van der Waals surface area contributed by atoms with E-state index in [1.165, 1.54) is 0 Å². The van der Waals surface area contributed by atoms with E-state index in [0.717, 1.165) is 12.8 Å². The van der Waals surface area contributed by atoms with E-state index < -0.39 is 11.7 Å². The van der Waals surface area contributed by atoms with Crippen LogP contribution < -0.4 is 10.9 Å². The first-order valence-corrected chi connectivity index (χ1v) is 7.20. The molecule has 0 saturated heterocycles. The Bertz CT molecular complexity index is 328. The molecular weight excluding hydrogens is 252 g/mol. The average molecular weight is 284 g/mol. The number of amides is 1. The van der Waals surface area contributed by atoms with Gasteiger partial charge in [0.05, 0.1) is 0 Å². The van der Waals surface area contributed by atoms with Crippen LogP contribution in [0.1, 0.15) is 61.3 Å². The lowest BCUT2D eigenvalue weighted by molar-refractivity contribution is 0.0485. The Balaban J connectivity index is 4.17. The lowest BCUT2D eigenvalue weighted by Crippen LogP contribution is -2.45. The first-order chi connectivity index (χ1) is 8.87. The summed E-state index contributed by atoms with van der Waals surface area (Å²) in [5.74, 6) is 0. The van der Waals surface area contributed by atoms with Crippen molar-refractivity contribution in [1.82, 2.24) is 10.9 Å². The highest BCUT2D eigenvalue weighted by Crippen LogP contribution is 2.35. The first-order valence-electron chi connectivity index (χ1n) is 7.20. The van der Waals surface area contributed by atoms with E-state index in [4.69, 9.17) is 4.74 Å². The fourth-order valence-corrected chi connectivity index (χ4v) is 2.48. The van der Waals surface area contributed by atoms with Gasteiger partial charge in [0.1, 0.15) is 5.60 Å². The number of hydrogen-bond donors (Lipinski definition) is 2. The maximum atomic E-state index is 11.5. The van der Waals surface area contributed by atoms with Gasteiger partial charge in [0.15, 0.2) is 0 Å². The predicted molar refractivity (Wildman–Crippen MR) is 84.4 cm³/mol. The molecule has 2 N–H and O–H groups in total. The Morgan fingerprint density at radius 2 is 1.65 bits per heavy atom. The Labute approximate surface area is 124 Å². The van der Waals surface area contributed by atoms with E-state index in [0.29, 0.717) is 6.54 Å². The van der Waals surface area contributed by atoms with Gasteiger partial charge >= 0.3 is 6.09 Å². The molecule has 0 aliphatic carbocycles. The molecule has 0 spiro atoms. The van der Waals surface area contributed by atoms with E-state index in [1.54, 1.807) is 0 Å². The SMILES string of the molecule is C=CCC(C)(C)CC(C)(C)CNNC(=O)OC(C)(C)C. The molecule has 0 aliphatic rings. The molecule has 0 aliphatic heterocycles. The minimum atomic E-state index is -0.479. The number of allylic oxidation sites excluding steroid dienone is 1. The second-order valence-corrected chi connectivity index (χ2v) is 7.98. The molecule has 0 rings (SSSR count). The largest absolute Gasteiger partial charge is 0.443 e. The molecule has 0 saturated carbocycles. The second-order valence-electron chi connectivity index (χ2n) is 7.98. The van der Waals surface area contributed by atoms with E-state index in [1.807, 2.05) is 26.8 Å². The van der Waals surface area contributed by atoms with Gasteiger partial charge < -0.3 is 4.74 Å². The van der Waals surface area contributed by atoms with Gasteiger partial charge in [-0.15, -0.1) is 6.58 Å². The van der Waals surface area contributed by atoms with Crippen LogP contribution in [0, 0.1) is 10.8 Å². The van der Waals surface area contributed by atoms with Crippen molar-refractivity contribution in [2.24, 2.45) is 10.8 Å². The molecule has 0 bridgehead atoms. The summed E-state index contributed by atoms with van der Waals surface area (Å²) in [6, 6.07) is 0. The fourth-order valence-electron chi connectivity index (χ4n) is 2.48. The van der Waals surface area contributed by atoms with Crippen LogP contribution >= 0.6 is 0 Å². The van der Waals surface area contributed by atoms with Crippen molar-refractivity contribution in [2.45, 2.75) is 66.9 Å². The fraction of sp³-hybridized carbons (Fsp3) is 0.812. The van der Waals surface area contributed by atoms with Gasteiger partial charge in [0, 0.05) is 6.54 Å². The van der Waals surface area contributed by atoms with Crippen molar-refractivity contribution in [2.75, 3.05) is 6.54 Å². The van der Waals surface area contributed by atoms with Gasteiger partial charge in [0.25, 0.3) is 0 Å².